The first kappa shape index (κ1) is 15.2. The molecule has 0 saturated heterocycles. The largest absolute Gasteiger partial charge is 0.493 e. The molecular formula is C14H11NO7. The van der Waals surface area contributed by atoms with E-state index in [0.717, 1.165) is 22.9 Å². The van der Waals surface area contributed by atoms with Crippen LogP contribution in [0, 0.1) is 0 Å². The molecule has 1 aromatic carbocycles. The SMILES string of the molecule is COc1cc2c(=O)c(C(=O)O)cn(CC(=O)O)c2ccc1=O. The molecule has 0 bridgehead atoms. The molecule has 0 spiro atoms. The molecule has 2 rings (SSSR count). The first-order valence-electron chi connectivity index (χ1n) is 6.05. The highest BCUT2D eigenvalue weighted by Gasteiger charge is 2.16. The Hall–Kier alpha value is -3.16. The van der Waals surface area contributed by atoms with Gasteiger partial charge in [-0.2, -0.15) is 0 Å². The zero-order valence-corrected chi connectivity index (χ0v) is 11.4. The highest BCUT2D eigenvalue weighted by atomic mass is 16.5. The number of ether oxygens (including phenoxy) is 1. The average molecular weight is 305 g/mol. The molecule has 2 aromatic rings. The lowest BCUT2D eigenvalue weighted by Crippen LogP contribution is -2.20. The minimum Gasteiger partial charge on any atom is -0.493 e. The summed E-state index contributed by atoms with van der Waals surface area (Å²) in [5.74, 6) is -2.85. The minimum atomic E-state index is -1.49. The molecule has 2 N–H and O–H groups in total. The summed E-state index contributed by atoms with van der Waals surface area (Å²) in [6, 6.07) is 3.50. The molecule has 22 heavy (non-hydrogen) atoms. The van der Waals surface area contributed by atoms with E-state index in [1.165, 1.54) is 13.2 Å². The quantitative estimate of drug-likeness (QED) is 0.824. The number of methoxy groups -OCH3 is 1. The van der Waals surface area contributed by atoms with E-state index in [2.05, 4.69) is 0 Å². The van der Waals surface area contributed by atoms with Gasteiger partial charge in [0.1, 0.15) is 12.1 Å². The van der Waals surface area contributed by atoms with Gasteiger partial charge in [0.05, 0.1) is 18.0 Å². The van der Waals surface area contributed by atoms with Crippen molar-refractivity contribution in [1.29, 1.82) is 0 Å². The topological polar surface area (TPSA) is 123 Å². The van der Waals surface area contributed by atoms with Crippen molar-refractivity contribution in [3.05, 3.63) is 50.4 Å². The van der Waals surface area contributed by atoms with Gasteiger partial charge in [0.25, 0.3) is 0 Å². The Kier molecular flexibility index (Phi) is 3.93. The second kappa shape index (κ2) is 5.68. The second-order valence-electron chi connectivity index (χ2n) is 4.41. The van der Waals surface area contributed by atoms with Crippen molar-refractivity contribution in [2.24, 2.45) is 0 Å². The van der Waals surface area contributed by atoms with Gasteiger partial charge < -0.3 is 19.5 Å². The van der Waals surface area contributed by atoms with E-state index in [4.69, 9.17) is 14.9 Å². The number of fused-ring (bicyclic) bond motifs is 1. The third-order valence-corrected chi connectivity index (χ3v) is 3.03. The Morgan fingerprint density at radius 2 is 1.91 bits per heavy atom. The number of aliphatic carboxylic acids is 1. The van der Waals surface area contributed by atoms with E-state index in [1.54, 1.807) is 0 Å². The maximum Gasteiger partial charge on any atom is 0.341 e. The highest BCUT2D eigenvalue weighted by Crippen LogP contribution is 2.14. The van der Waals surface area contributed by atoms with Crippen LogP contribution in [0.3, 0.4) is 0 Å². The van der Waals surface area contributed by atoms with Crippen LogP contribution in [0.5, 0.6) is 5.75 Å². The number of hydrogen-bond acceptors (Lipinski definition) is 5. The van der Waals surface area contributed by atoms with Crippen molar-refractivity contribution < 1.29 is 24.5 Å². The number of nitrogens with zero attached hydrogens (tertiary/aromatic N) is 1. The molecule has 114 valence electrons. The van der Waals surface area contributed by atoms with Gasteiger partial charge in [-0.05, 0) is 18.2 Å². The summed E-state index contributed by atoms with van der Waals surface area (Å²) in [6.07, 6.45) is 0.943. The Balaban J connectivity index is 3.02. The predicted molar refractivity (Wildman–Crippen MR) is 75.6 cm³/mol. The maximum absolute atomic E-state index is 12.2. The fourth-order valence-electron chi connectivity index (χ4n) is 2.05. The highest BCUT2D eigenvalue weighted by molar-refractivity contribution is 5.93. The van der Waals surface area contributed by atoms with E-state index in [1.807, 2.05) is 0 Å². The van der Waals surface area contributed by atoms with Gasteiger partial charge in [-0.25, -0.2) is 4.79 Å². The Morgan fingerprint density at radius 1 is 1.23 bits per heavy atom. The summed E-state index contributed by atoms with van der Waals surface area (Å²) in [5, 5.41) is 17.9. The molecule has 1 aromatic heterocycles. The first-order chi connectivity index (χ1) is 10.3. The summed E-state index contributed by atoms with van der Waals surface area (Å²) in [6.45, 7) is -0.558. The van der Waals surface area contributed by atoms with Gasteiger partial charge in [-0.1, -0.05) is 0 Å². The van der Waals surface area contributed by atoms with Crippen molar-refractivity contribution in [3.63, 3.8) is 0 Å². The van der Waals surface area contributed by atoms with Gasteiger partial charge in [0.2, 0.25) is 10.9 Å². The van der Waals surface area contributed by atoms with Gasteiger partial charge >= 0.3 is 11.9 Å². The molecule has 1 heterocycles. The van der Waals surface area contributed by atoms with Crippen LogP contribution in [0.4, 0.5) is 0 Å². The number of rotatable bonds is 4. The molecule has 0 atom stereocenters. The van der Waals surface area contributed by atoms with E-state index in [9.17, 15) is 19.2 Å². The zero-order chi connectivity index (χ0) is 16.4. The number of carboxylic acid groups (broad SMARTS) is 2. The summed E-state index contributed by atoms with van der Waals surface area (Å²) >= 11 is 0. The zero-order valence-electron chi connectivity index (χ0n) is 11.4. The second-order valence-corrected chi connectivity index (χ2v) is 4.41. The lowest BCUT2D eigenvalue weighted by Gasteiger charge is -2.08. The van der Waals surface area contributed by atoms with Gasteiger partial charge in [-0.3, -0.25) is 14.4 Å². The molecule has 0 radical (unpaired) electrons. The Morgan fingerprint density at radius 3 is 2.45 bits per heavy atom. The van der Waals surface area contributed by atoms with Crippen LogP contribution in [0.15, 0.2) is 34.0 Å². The minimum absolute atomic E-state index is 0.111. The average Bonchev–Trinajstić information content (AvgIpc) is 2.61. The smallest absolute Gasteiger partial charge is 0.341 e. The number of pyridine rings is 1. The monoisotopic (exact) mass is 305 g/mol. The first-order valence-corrected chi connectivity index (χ1v) is 6.05. The molecule has 8 nitrogen and oxygen atoms in total. The summed E-state index contributed by atoms with van der Waals surface area (Å²) in [4.78, 5) is 46.0. The Labute approximate surface area is 122 Å². The lowest BCUT2D eigenvalue weighted by atomic mass is 10.2. The number of carbonyl (C=O) groups is 2. The van der Waals surface area contributed by atoms with Crippen molar-refractivity contribution in [3.8, 4) is 5.75 Å². The number of aromatic nitrogens is 1. The number of aromatic carboxylic acids is 1. The summed E-state index contributed by atoms with van der Waals surface area (Å²) < 4.78 is 5.95. The Bertz CT molecular complexity index is 898. The summed E-state index contributed by atoms with van der Waals surface area (Å²) in [7, 11) is 1.24. The van der Waals surface area contributed by atoms with Crippen molar-refractivity contribution in [1.82, 2.24) is 4.57 Å². The van der Waals surface area contributed by atoms with E-state index >= 15 is 0 Å². The van der Waals surface area contributed by atoms with Crippen LogP contribution >= 0.6 is 0 Å². The van der Waals surface area contributed by atoms with Crippen LogP contribution in [0.2, 0.25) is 0 Å². The fourth-order valence-corrected chi connectivity index (χ4v) is 2.05. The maximum atomic E-state index is 12.2. The van der Waals surface area contributed by atoms with Crippen LogP contribution in [-0.2, 0) is 11.3 Å². The molecule has 0 aliphatic carbocycles. The van der Waals surface area contributed by atoms with Crippen molar-refractivity contribution >= 4 is 22.8 Å². The molecule has 8 heteroatoms. The van der Waals surface area contributed by atoms with Gasteiger partial charge in [0, 0.05) is 6.20 Å². The molecule has 0 amide bonds. The van der Waals surface area contributed by atoms with Crippen molar-refractivity contribution in [2.45, 2.75) is 6.54 Å². The number of hydrogen-bond donors (Lipinski definition) is 2. The van der Waals surface area contributed by atoms with Crippen molar-refractivity contribution in [2.75, 3.05) is 7.11 Å². The van der Waals surface area contributed by atoms with E-state index < -0.39 is 34.9 Å². The molecule has 0 fully saturated rings. The predicted octanol–water partition coefficient (Wildman–Crippen LogP) is 0.153. The van der Waals surface area contributed by atoms with Gasteiger partial charge in [-0.15, -0.1) is 0 Å². The molecule has 0 aliphatic rings. The normalized spacial score (nSPS) is 10.4. The fraction of sp³-hybridized carbons (Fsp3) is 0.143. The standard InChI is InChI=1S/C14H11NO7/c1-22-11-4-7-9(2-3-10(11)16)15(6-12(17)18)5-8(13(7)19)14(20)21/h2-5H,6H2,1H3,(H,17,18)(H,20,21). The van der Waals surface area contributed by atoms with Gasteiger partial charge in [0.15, 0.2) is 5.75 Å². The molecular weight excluding hydrogens is 294 g/mol. The molecule has 0 unspecified atom stereocenters. The van der Waals surface area contributed by atoms with Crippen LogP contribution < -0.4 is 15.6 Å². The number of carboxylic acids is 2. The molecule has 0 aliphatic heterocycles. The van der Waals surface area contributed by atoms with E-state index in [0.29, 0.717) is 0 Å². The third kappa shape index (κ3) is 2.66. The van der Waals surface area contributed by atoms with Crippen LogP contribution in [0.1, 0.15) is 10.4 Å². The lowest BCUT2D eigenvalue weighted by molar-refractivity contribution is -0.137. The molecule has 0 saturated carbocycles. The van der Waals surface area contributed by atoms with E-state index in [-0.39, 0.29) is 16.7 Å². The summed E-state index contributed by atoms with van der Waals surface area (Å²) in [5.41, 5.74) is -1.80. The third-order valence-electron chi connectivity index (χ3n) is 3.03. The van der Waals surface area contributed by atoms with Crippen LogP contribution in [0.25, 0.3) is 10.9 Å². The van der Waals surface area contributed by atoms with Crippen LogP contribution in [-0.4, -0.2) is 33.8 Å².